The normalized spacial score (nSPS) is 12.7. The first-order valence-corrected chi connectivity index (χ1v) is 8.45. The molecule has 1 atom stereocenters. The van der Waals surface area contributed by atoms with Crippen molar-refractivity contribution in [3.8, 4) is 0 Å². The molecule has 0 spiro atoms. The molecular weight excluding hydrogens is 304 g/mol. The third-order valence-corrected chi connectivity index (χ3v) is 4.62. The van der Waals surface area contributed by atoms with E-state index in [9.17, 15) is 23.3 Å². The minimum atomic E-state index is -4.09. The summed E-state index contributed by atoms with van der Waals surface area (Å²) in [6.07, 6.45) is 1.80. The third kappa shape index (κ3) is 4.20. The molecule has 0 aliphatic carbocycles. The zero-order valence-electron chi connectivity index (χ0n) is 10.9. The molecule has 0 unspecified atom stereocenters. The molecule has 1 amide bonds. The molecule has 110 valence electrons. The average molecular weight is 318 g/mol. The summed E-state index contributed by atoms with van der Waals surface area (Å²) in [6, 6.07) is 4.54. The Kier molecular flexibility index (Phi) is 5.52. The average Bonchev–Trinajstić information content (AvgIpc) is 2.38. The molecule has 0 bridgehead atoms. The van der Waals surface area contributed by atoms with Crippen molar-refractivity contribution in [3.05, 3.63) is 34.4 Å². The maximum absolute atomic E-state index is 12.0. The number of amides is 1. The van der Waals surface area contributed by atoms with Gasteiger partial charge in [0.2, 0.25) is 5.91 Å². The summed E-state index contributed by atoms with van der Waals surface area (Å²) >= 11 is 1.42. The quantitative estimate of drug-likeness (QED) is 0.627. The fourth-order valence-electron chi connectivity index (χ4n) is 1.38. The number of hydrogen-bond acceptors (Lipinski definition) is 6. The Bertz CT molecular complexity index is 615. The Hall–Kier alpha value is -1.61. The topological polar surface area (TPSA) is 106 Å². The van der Waals surface area contributed by atoms with E-state index in [1.54, 1.807) is 13.2 Å². The van der Waals surface area contributed by atoms with Crippen molar-refractivity contribution in [1.82, 2.24) is 4.72 Å². The number of carbonyl (C=O) groups excluding carboxylic acids is 1. The number of nitrogens with one attached hydrogen (secondary N) is 1. The number of thioether (sulfide) groups is 1. The van der Waals surface area contributed by atoms with Crippen LogP contribution in [0.15, 0.2) is 29.2 Å². The standard InChI is InChI=1S/C11H14N2O5S2/c1-8(7-19-2)11(14)12-20(17,18)10-5-3-4-9(6-10)13(15)16/h3-6,8H,7H2,1-2H3,(H,12,14)/t8-/m1/s1. The minimum absolute atomic E-state index is 0.309. The van der Waals surface area contributed by atoms with Crippen LogP contribution in [0.1, 0.15) is 6.92 Å². The van der Waals surface area contributed by atoms with Crippen LogP contribution in [0.5, 0.6) is 0 Å². The van der Waals surface area contributed by atoms with Crippen molar-refractivity contribution in [1.29, 1.82) is 0 Å². The number of carbonyl (C=O) groups is 1. The molecule has 20 heavy (non-hydrogen) atoms. The van der Waals surface area contributed by atoms with E-state index >= 15 is 0 Å². The molecule has 0 radical (unpaired) electrons. The highest BCUT2D eigenvalue weighted by molar-refractivity contribution is 7.98. The number of nitro benzene ring substituents is 1. The SMILES string of the molecule is CSC[C@@H](C)C(=O)NS(=O)(=O)c1cccc([N+](=O)[O-])c1. The van der Waals surface area contributed by atoms with Crippen LogP contribution in [0.25, 0.3) is 0 Å². The van der Waals surface area contributed by atoms with Gasteiger partial charge in [-0.3, -0.25) is 14.9 Å². The molecule has 9 heteroatoms. The molecule has 0 fully saturated rings. The highest BCUT2D eigenvalue weighted by Crippen LogP contribution is 2.17. The molecule has 1 N–H and O–H groups in total. The number of benzene rings is 1. The van der Waals surface area contributed by atoms with E-state index < -0.39 is 26.8 Å². The predicted molar refractivity (Wildman–Crippen MR) is 76.0 cm³/mol. The fraction of sp³-hybridized carbons (Fsp3) is 0.364. The lowest BCUT2D eigenvalue weighted by molar-refractivity contribution is -0.385. The minimum Gasteiger partial charge on any atom is -0.274 e. The maximum atomic E-state index is 12.0. The lowest BCUT2D eigenvalue weighted by atomic mass is 10.2. The van der Waals surface area contributed by atoms with Gasteiger partial charge in [0.1, 0.15) is 0 Å². The Morgan fingerprint density at radius 1 is 1.50 bits per heavy atom. The largest absolute Gasteiger partial charge is 0.274 e. The van der Waals surface area contributed by atoms with E-state index in [2.05, 4.69) is 0 Å². The van der Waals surface area contributed by atoms with Gasteiger partial charge in [0.05, 0.1) is 9.82 Å². The van der Waals surface area contributed by atoms with Gasteiger partial charge in [0, 0.05) is 23.8 Å². The molecule has 1 aromatic rings. The van der Waals surface area contributed by atoms with E-state index in [1.807, 2.05) is 4.72 Å². The second-order valence-electron chi connectivity index (χ2n) is 4.08. The molecule has 0 aromatic heterocycles. The van der Waals surface area contributed by atoms with Crippen LogP contribution in [0, 0.1) is 16.0 Å². The summed E-state index contributed by atoms with van der Waals surface area (Å²) in [4.78, 5) is 21.3. The first-order chi connectivity index (χ1) is 9.27. The lowest BCUT2D eigenvalue weighted by Crippen LogP contribution is -2.35. The van der Waals surface area contributed by atoms with E-state index in [0.717, 1.165) is 6.07 Å². The molecule has 0 aliphatic heterocycles. The Balaban J connectivity index is 2.97. The molecule has 0 saturated carbocycles. The molecule has 0 aliphatic rings. The van der Waals surface area contributed by atoms with Crippen LogP contribution >= 0.6 is 11.8 Å². The second-order valence-corrected chi connectivity index (χ2v) is 6.67. The van der Waals surface area contributed by atoms with Crippen LogP contribution in [0.2, 0.25) is 0 Å². The van der Waals surface area contributed by atoms with Gasteiger partial charge in [-0.05, 0) is 12.3 Å². The lowest BCUT2D eigenvalue weighted by Gasteiger charge is -2.11. The highest BCUT2D eigenvalue weighted by atomic mass is 32.2. The number of nitrogens with zero attached hydrogens (tertiary/aromatic N) is 1. The van der Waals surface area contributed by atoms with Gasteiger partial charge in [0.15, 0.2) is 0 Å². The summed E-state index contributed by atoms with van der Waals surface area (Å²) in [5, 5.41) is 10.6. The van der Waals surface area contributed by atoms with Gasteiger partial charge in [-0.15, -0.1) is 0 Å². The van der Waals surface area contributed by atoms with Gasteiger partial charge in [-0.25, -0.2) is 13.1 Å². The molecule has 1 aromatic carbocycles. The summed E-state index contributed by atoms with van der Waals surface area (Å²) < 4.78 is 25.9. The Morgan fingerprint density at radius 3 is 2.70 bits per heavy atom. The fourth-order valence-corrected chi connectivity index (χ4v) is 3.15. The van der Waals surface area contributed by atoms with Gasteiger partial charge >= 0.3 is 0 Å². The van der Waals surface area contributed by atoms with Gasteiger partial charge in [-0.2, -0.15) is 11.8 Å². The van der Waals surface area contributed by atoms with Crippen molar-refractivity contribution >= 4 is 33.4 Å². The molecule has 1 rings (SSSR count). The monoisotopic (exact) mass is 318 g/mol. The van der Waals surface area contributed by atoms with Crippen LogP contribution in [-0.2, 0) is 14.8 Å². The number of sulfonamides is 1. The maximum Gasteiger partial charge on any atom is 0.270 e. The van der Waals surface area contributed by atoms with E-state index in [-0.39, 0.29) is 10.6 Å². The van der Waals surface area contributed by atoms with Crippen molar-refractivity contribution < 1.29 is 18.1 Å². The number of hydrogen-bond donors (Lipinski definition) is 1. The zero-order chi connectivity index (χ0) is 15.3. The molecular formula is C11H14N2O5S2. The molecule has 7 nitrogen and oxygen atoms in total. The third-order valence-electron chi connectivity index (χ3n) is 2.44. The number of rotatable bonds is 6. The van der Waals surface area contributed by atoms with Gasteiger partial charge in [-0.1, -0.05) is 13.0 Å². The highest BCUT2D eigenvalue weighted by Gasteiger charge is 2.22. The van der Waals surface area contributed by atoms with Crippen molar-refractivity contribution in [2.24, 2.45) is 5.92 Å². The summed E-state index contributed by atoms with van der Waals surface area (Å²) in [6.45, 7) is 1.61. The van der Waals surface area contributed by atoms with Crippen molar-refractivity contribution in [2.45, 2.75) is 11.8 Å². The van der Waals surface area contributed by atoms with E-state index in [1.165, 1.54) is 30.0 Å². The number of non-ortho nitro benzene ring substituents is 1. The zero-order valence-corrected chi connectivity index (χ0v) is 12.5. The van der Waals surface area contributed by atoms with Crippen LogP contribution in [0.4, 0.5) is 5.69 Å². The summed E-state index contributed by atoms with van der Waals surface area (Å²) in [5.41, 5.74) is -0.350. The van der Waals surface area contributed by atoms with Crippen molar-refractivity contribution in [2.75, 3.05) is 12.0 Å². The van der Waals surface area contributed by atoms with Crippen LogP contribution < -0.4 is 4.72 Å². The smallest absolute Gasteiger partial charge is 0.270 e. The Morgan fingerprint density at radius 2 is 2.15 bits per heavy atom. The first-order valence-electron chi connectivity index (χ1n) is 5.58. The van der Waals surface area contributed by atoms with Crippen molar-refractivity contribution in [3.63, 3.8) is 0 Å². The van der Waals surface area contributed by atoms with Crippen LogP contribution in [-0.4, -0.2) is 31.3 Å². The van der Waals surface area contributed by atoms with E-state index in [0.29, 0.717) is 5.75 Å². The predicted octanol–water partition coefficient (Wildman–Crippen LogP) is 1.40. The molecule has 0 heterocycles. The van der Waals surface area contributed by atoms with Gasteiger partial charge in [0.25, 0.3) is 15.7 Å². The van der Waals surface area contributed by atoms with Crippen LogP contribution in [0.3, 0.4) is 0 Å². The summed E-state index contributed by atoms with van der Waals surface area (Å²) in [7, 11) is -4.09. The summed E-state index contributed by atoms with van der Waals surface area (Å²) in [5.74, 6) is -0.625. The Labute approximate surface area is 121 Å². The van der Waals surface area contributed by atoms with Gasteiger partial charge < -0.3 is 0 Å². The van der Waals surface area contributed by atoms with E-state index in [4.69, 9.17) is 0 Å². The second kappa shape index (κ2) is 6.71. The number of nitro groups is 1. The first kappa shape index (κ1) is 16.4. The molecule has 0 saturated heterocycles.